The average Bonchev–Trinajstić information content (AvgIpc) is 2.58. The van der Waals surface area contributed by atoms with Crippen molar-refractivity contribution >= 4 is 52.2 Å². The van der Waals surface area contributed by atoms with Gasteiger partial charge in [-0.3, -0.25) is 19.8 Å². The van der Waals surface area contributed by atoms with Crippen LogP contribution >= 0.6 is 12.2 Å². The average molecular weight is 393 g/mol. The van der Waals surface area contributed by atoms with Crippen LogP contribution in [0.4, 0.5) is 11.6 Å². The van der Waals surface area contributed by atoms with Gasteiger partial charge in [-0.25, -0.2) is 9.97 Å². The van der Waals surface area contributed by atoms with Gasteiger partial charge >= 0.3 is 0 Å². The van der Waals surface area contributed by atoms with Gasteiger partial charge in [-0.2, -0.15) is 0 Å². The lowest BCUT2D eigenvalue weighted by atomic mass is 10.1. The molecule has 0 spiro atoms. The third-order valence-corrected chi connectivity index (χ3v) is 3.73. The first kappa shape index (κ1) is 22.1. The minimum absolute atomic E-state index is 0.0130. The topological polar surface area (TPSA) is 154 Å². The van der Waals surface area contributed by atoms with Crippen LogP contribution in [0, 0.1) is 5.41 Å². The maximum atomic E-state index is 11.7. The standard InChI is InChI=1S/C16H23N7O3S/c1-5-10(8(2)24)20-11-7-19-13(14(18)25)15(21-11)22-12(27)6-9(17)16(26)23(3)4/h7,10,17H,5-6H2,1-4H3,(H2,18,25)(H2,20,21,22,27). The molecule has 0 bridgehead atoms. The number of primary amides is 1. The first-order valence-corrected chi connectivity index (χ1v) is 8.50. The summed E-state index contributed by atoms with van der Waals surface area (Å²) in [5.74, 6) is -1.13. The number of nitrogens with two attached hydrogens (primary N) is 1. The summed E-state index contributed by atoms with van der Waals surface area (Å²) in [5.41, 5.74) is 4.93. The van der Waals surface area contributed by atoms with Gasteiger partial charge < -0.3 is 21.3 Å². The number of amides is 2. The van der Waals surface area contributed by atoms with Crippen LogP contribution in [-0.4, -0.2) is 63.3 Å². The Bertz CT molecular complexity index is 779. The highest BCUT2D eigenvalue weighted by Gasteiger charge is 2.19. The fraction of sp³-hybridized carbons (Fsp3) is 0.438. The van der Waals surface area contributed by atoms with Gasteiger partial charge in [-0.05, 0) is 13.3 Å². The minimum atomic E-state index is -0.822. The first-order chi connectivity index (χ1) is 12.6. The van der Waals surface area contributed by atoms with Crippen LogP contribution < -0.4 is 16.4 Å². The number of rotatable bonds is 9. The molecule has 1 heterocycles. The zero-order chi connectivity index (χ0) is 20.7. The van der Waals surface area contributed by atoms with Crippen LogP contribution in [0.5, 0.6) is 0 Å². The number of thiocarbonyl (C=S) groups is 1. The van der Waals surface area contributed by atoms with E-state index in [1.54, 1.807) is 0 Å². The van der Waals surface area contributed by atoms with Crippen molar-refractivity contribution < 1.29 is 14.4 Å². The van der Waals surface area contributed by atoms with Gasteiger partial charge in [0.1, 0.15) is 11.5 Å². The fourth-order valence-corrected chi connectivity index (χ4v) is 2.32. The lowest BCUT2D eigenvalue weighted by Crippen LogP contribution is -2.32. The highest BCUT2D eigenvalue weighted by Crippen LogP contribution is 2.15. The van der Waals surface area contributed by atoms with E-state index < -0.39 is 17.9 Å². The largest absolute Gasteiger partial charge is 0.364 e. The third-order valence-electron chi connectivity index (χ3n) is 3.49. The van der Waals surface area contributed by atoms with E-state index in [4.69, 9.17) is 23.4 Å². The van der Waals surface area contributed by atoms with E-state index in [1.807, 2.05) is 6.92 Å². The van der Waals surface area contributed by atoms with E-state index >= 15 is 0 Å². The molecule has 11 heteroatoms. The van der Waals surface area contributed by atoms with E-state index in [2.05, 4.69) is 20.6 Å². The zero-order valence-electron chi connectivity index (χ0n) is 15.6. The molecular formula is C16H23N7O3S. The van der Waals surface area contributed by atoms with Crippen LogP contribution in [0.25, 0.3) is 0 Å². The molecule has 0 aliphatic carbocycles. The Morgan fingerprint density at radius 1 is 1.37 bits per heavy atom. The summed E-state index contributed by atoms with van der Waals surface area (Å²) in [6.07, 6.45) is 1.69. The summed E-state index contributed by atoms with van der Waals surface area (Å²) in [4.78, 5) is 44.4. The van der Waals surface area contributed by atoms with E-state index in [1.165, 1.54) is 32.1 Å². The Morgan fingerprint density at radius 2 is 2.00 bits per heavy atom. The fourth-order valence-electron chi connectivity index (χ4n) is 2.08. The summed E-state index contributed by atoms with van der Waals surface area (Å²) in [7, 11) is 3.05. The van der Waals surface area contributed by atoms with Crippen molar-refractivity contribution in [2.75, 3.05) is 24.7 Å². The normalized spacial score (nSPS) is 11.3. The summed E-state index contributed by atoms with van der Waals surface area (Å²) in [5, 5.41) is 13.4. The van der Waals surface area contributed by atoms with Crippen molar-refractivity contribution in [1.82, 2.24) is 14.9 Å². The molecule has 27 heavy (non-hydrogen) atoms. The van der Waals surface area contributed by atoms with Gasteiger partial charge in [-0.15, -0.1) is 0 Å². The van der Waals surface area contributed by atoms with Crippen molar-refractivity contribution in [3.8, 4) is 0 Å². The van der Waals surface area contributed by atoms with E-state index in [-0.39, 0.29) is 40.2 Å². The van der Waals surface area contributed by atoms with Crippen LogP contribution in [-0.2, 0) is 9.59 Å². The van der Waals surface area contributed by atoms with Crippen molar-refractivity contribution in [1.29, 1.82) is 5.41 Å². The molecule has 0 radical (unpaired) electrons. The number of aromatic nitrogens is 2. The van der Waals surface area contributed by atoms with Crippen LogP contribution in [0.3, 0.4) is 0 Å². The Labute approximate surface area is 162 Å². The SMILES string of the molecule is CCC(Nc1cnc(C(N)=O)c(NC(=S)CC(=N)C(=O)N(C)C)n1)C(C)=O. The summed E-state index contributed by atoms with van der Waals surface area (Å²) in [6.45, 7) is 3.29. The Kier molecular flexibility index (Phi) is 7.91. The molecule has 0 saturated carbocycles. The molecule has 1 atom stereocenters. The lowest BCUT2D eigenvalue weighted by Gasteiger charge is -2.16. The molecule has 5 N–H and O–H groups in total. The van der Waals surface area contributed by atoms with Gasteiger partial charge in [0, 0.05) is 20.5 Å². The molecule has 146 valence electrons. The molecule has 0 aromatic carbocycles. The second-order valence-corrected chi connectivity index (χ2v) is 6.43. The monoisotopic (exact) mass is 393 g/mol. The van der Waals surface area contributed by atoms with E-state index in [0.29, 0.717) is 6.42 Å². The molecule has 0 aliphatic rings. The summed E-state index contributed by atoms with van der Waals surface area (Å²) >= 11 is 5.14. The molecule has 1 aromatic rings. The van der Waals surface area contributed by atoms with Crippen molar-refractivity contribution in [2.24, 2.45) is 5.73 Å². The molecule has 0 fully saturated rings. The van der Waals surface area contributed by atoms with Crippen molar-refractivity contribution in [3.05, 3.63) is 11.9 Å². The lowest BCUT2D eigenvalue weighted by molar-refractivity contribution is -0.122. The number of hydrogen-bond donors (Lipinski definition) is 4. The van der Waals surface area contributed by atoms with Gasteiger partial charge in [-0.1, -0.05) is 19.1 Å². The highest BCUT2D eigenvalue weighted by atomic mass is 32.1. The molecule has 1 rings (SSSR count). The highest BCUT2D eigenvalue weighted by molar-refractivity contribution is 7.80. The Morgan fingerprint density at radius 3 is 2.48 bits per heavy atom. The number of carbonyl (C=O) groups is 3. The zero-order valence-corrected chi connectivity index (χ0v) is 16.4. The smallest absolute Gasteiger partial charge is 0.271 e. The second kappa shape index (κ2) is 9.67. The molecular weight excluding hydrogens is 370 g/mol. The third kappa shape index (κ3) is 6.37. The molecule has 0 saturated heterocycles. The number of Topliss-reactive ketones (excluding diaryl/α,β-unsaturated/α-hetero) is 1. The van der Waals surface area contributed by atoms with Crippen LogP contribution in [0.1, 0.15) is 37.2 Å². The molecule has 10 nitrogen and oxygen atoms in total. The summed E-state index contributed by atoms with van der Waals surface area (Å²) < 4.78 is 0. The quantitative estimate of drug-likeness (QED) is 0.351. The van der Waals surface area contributed by atoms with Gasteiger partial charge in [0.15, 0.2) is 17.3 Å². The number of carbonyl (C=O) groups excluding carboxylic acids is 3. The Hall–Kier alpha value is -2.95. The molecule has 2 amide bonds. The number of hydrogen-bond acceptors (Lipinski definition) is 8. The number of nitrogens with one attached hydrogen (secondary N) is 3. The predicted octanol–water partition coefficient (Wildman–Crippen LogP) is 0.592. The first-order valence-electron chi connectivity index (χ1n) is 8.09. The van der Waals surface area contributed by atoms with E-state index in [9.17, 15) is 14.4 Å². The molecule has 0 aliphatic heterocycles. The van der Waals surface area contributed by atoms with Crippen molar-refractivity contribution in [2.45, 2.75) is 32.7 Å². The van der Waals surface area contributed by atoms with Crippen LogP contribution in [0.2, 0.25) is 0 Å². The minimum Gasteiger partial charge on any atom is -0.364 e. The van der Waals surface area contributed by atoms with Gasteiger partial charge in [0.25, 0.3) is 11.8 Å². The molecule has 1 aromatic heterocycles. The van der Waals surface area contributed by atoms with Crippen molar-refractivity contribution in [3.63, 3.8) is 0 Å². The van der Waals surface area contributed by atoms with Gasteiger partial charge in [0.05, 0.1) is 17.2 Å². The van der Waals surface area contributed by atoms with E-state index in [0.717, 1.165) is 0 Å². The second-order valence-electron chi connectivity index (χ2n) is 5.94. The molecule has 1 unspecified atom stereocenters. The number of anilines is 2. The predicted molar refractivity (Wildman–Crippen MR) is 106 cm³/mol. The maximum absolute atomic E-state index is 11.7. The Balaban J connectivity index is 3.02. The maximum Gasteiger partial charge on any atom is 0.271 e. The summed E-state index contributed by atoms with van der Waals surface area (Å²) in [6, 6.07) is -0.454. The number of ketones is 1. The number of nitrogens with zero attached hydrogens (tertiary/aromatic N) is 3. The van der Waals surface area contributed by atoms with Crippen LogP contribution in [0.15, 0.2) is 6.20 Å². The van der Waals surface area contributed by atoms with Gasteiger partial charge in [0.2, 0.25) is 0 Å².